The van der Waals surface area contributed by atoms with Crippen molar-refractivity contribution >= 4 is 11.9 Å². The molecular weight excluding hydrogens is 268 g/mol. The van der Waals surface area contributed by atoms with Gasteiger partial charge in [-0.25, -0.2) is 0 Å². The van der Waals surface area contributed by atoms with Gasteiger partial charge in [-0.3, -0.25) is 9.59 Å². The summed E-state index contributed by atoms with van der Waals surface area (Å²) in [4.78, 5) is 22.6. The predicted molar refractivity (Wildman–Crippen MR) is 84.9 cm³/mol. The number of rotatable bonds is 9. The second-order valence-corrected chi connectivity index (χ2v) is 7.31. The van der Waals surface area contributed by atoms with Crippen molar-refractivity contribution < 1.29 is 14.7 Å². The van der Waals surface area contributed by atoms with Crippen LogP contribution in [0.25, 0.3) is 0 Å². The Balaban J connectivity index is 4.24. The molecule has 0 aliphatic carbocycles. The number of hydrogen-bond donors (Lipinski definition) is 3. The molecule has 5 nitrogen and oxygen atoms in total. The first-order valence-electron chi connectivity index (χ1n) is 7.79. The zero-order chi connectivity index (χ0) is 16.6. The van der Waals surface area contributed by atoms with Gasteiger partial charge in [-0.05, 0) is 36.5 Å². The summed E-state index contributed by atoms with van der Waals surface area (Å²) in [6.07, 6.45) is 2.25. The minimum absolute atomic E-state index is 0.0280. The van der Waals surface area contributed by atoms with Gasteiger partial charge in [0.25, 0.3) is 0 Å². The third kappa shape index (κ3) is 9.45. The topological polar surface area (TPSA) is 92.4 Å². The quantitative estimate of drug-likeness (QED) is 0.609. The number of amides is 1. The molecule has 0 aromatic rings. The van der Waals surface area contributed by atoms with Crippen LogP contribution in [0.2, 0.25) is 0 Å². The highest BCUT2D eigenvalue weighted by molar-refractivity contribution is 5.81. The van der Waals surface area contributed by atoms with Crippen LogP contribution in [0.5, 0.6) is 0 Å². The molecule has 0 aliphatic rings. The van der Waals surface area contributed by atoms with Gasteiger partial charge >= 0.3 is 5.97 Å². The fraction of sp³-hybridized carbons (Fsp3) is 0.875. The number of carboxylic acid groups (broad SMARTS) is 1. The lowest BCUT2D eigenvalue weighted by Crippen LogP contribution is -2.42. The van der Waals surface area contributed by atoms with Gasteiger partial charge in [0, 0.05) is 13.0 Å². The average Bonchev–Trinajstić information content (AvgIpc) is 2.30. The summed E-state index contributed by atoms with van der Waals surface area (Å²) in [6, 6.07) is -0.461. The van der Waals surface area contributed by atoms with Crippen molar-refractivity contribution in [1.29, 1.82) is 0 Å². The summed E-state index contributed by atoms with van der Waals surface area (Å²) in [5, 5.41) is 11.7. The van der Waals surface area contributed by atoms with E-state index in [2.05, 4.69) is 26.1 Å². The van der Waals surface area contributed by atoms with E-state index >= 15 is 0 Å². The maximum Gasteiger partial charge on any atom is 0.303 e. The van der Waals surface area contributed by atoms with Gasteiger partial charge in [-0.2, -0.15) is 0 Å². The second kappa shape index (κ2) is 9.03. The monoisotopic (exact) mass is 300 g/mol. The Morgan fingerprint density at radius 3 is 2.19 bits per heavy atom. The number of carbonyl (C=O) groups is 2. The maximum atomic E-state index is 11.8. The van der Waals surface area contributed by atoms with E-state index in [4.69, 9.17) is 10.8 Å². The van der Waals surface area contributed by atoms with E-state index < -0.39 is 12.0 Å². The Morgan fingerprint density at radius 1 is 1.19 bits per heavy atom. The van der Waals surface area contributed by atoms with Gasteiger partial charge in [-0.15, -0.1) is 0 Å². The number of nitrogens with two attached hydrogens (primary N) is 1. The Bertz CT molecular complexity index is 335. The first-order valence-corrected chi connectivity index (χ1v) is 7.79. The summed E-state index contributed by atoms with van der Waals surface area (Å²) in [6.45, 7) is 10.9. The smallest absolute Gasteiger partial charge is 0.303 e. The standard InChI is InChI=1S/C16H32N2O3/c1-11(2)10-13(17)15(21)18-9-8-12(16(3,4)5)6-7-14(19)20/h11-13H,6-10,17H2,1-5H3,(H,18,21)(H,19,20). The zero-order valence-electron chi connectivity index (χ0n) is 14.1. The Hall–Kier alpha value is -1.10. The van der Waals surface area contributed by atoms with E-state index in [9.17, 15) is 9.59 Å². The molecule has 1 amide bonds. The Morgan fingerprint density at radius 2 is 1.76 bits per heavy atom. The second-order valence-electron chi connectivity index (χ2n) is 7.31. The molecule has 0 spiro atoms. The van der Waals surface area contributed by atoms with Gasteiger partial charge in [0.1, 0.15) is 0 Å². The molecule has 0 rings (SSSR count). The molecule has 124 valence electrons. The van der Waals surface area contributed by atoms with Crippen molar-refractivity contribution in [2.75, 3.05) is 6.54 Å². The van der Waals surface area contributed by atoms with Crippen LogP contribution in [0.15, 0.2) is 0 Å². The largest absolute Gasteiger partial charge is 0.481 e. The SMILES string of the molecule is CC(C)CC(N)C(=O)NCCC(CCC(=O)O)C(C)(C)C. The average molecular weight is 300 g/mol. The van der Waals surface area contributed by atoms with Crippen LogP contribution in [-0.2, 0) is 9.59 Å². The zero-order valence-corrected chi connectivity index (χ0v) is 14.1. The lowest BCUT2D eigenvalue weighted by molar-refractivity contribution is -0.137. The van der Waals surface area contributed by atoms with Crippen LogP contribution in [0, 0.1) is 17.3 Å². The molecule has 0 heterocycles. The van der Waals surface area contributed by atoms with Crippen molar-refractivity contribution in [3.05, 3.63) is 0 Å². The minimum Gasteiger partial charge on any atom is -0.481 e. The van der Waals surface area contributed by atoms with Gasteiger partial charge in [0.05, 0.1) is 6.04 Å². The molecule has 0 aromatic heterocycles. The molecule has 0 bridgehead atoms. The van der Waals surface area contributed by atoms with Crippen LogP contribution in [-0.4, -0.2) is 29.6 Å². The molecule has 5 heteroatoms. The number of carboxylic acids is 1. The van der Waals surface area contributed by atoms with Crippen molar-refractivity contribution in [3.8, 4) is 0 Å². The third-order valence-electron chi connectivity index (χ3n) is 3.79. The fourth-order valence-corrected chi connectivity index (χ4v) is 2.42. The number of carbonyl (C=O) groups excluding carboxylic acids is 1. The fourth-order valence-electron chi connectivity index (χ4n) is 2.42. The summed E-state index contributed by atoms with van der Waals surface area (Å²) in [5.74, 6) is -0.235. The third-order valence-corrected chi connectivity index (χ3v) is 3.79. The highest BCUT2D eigenvalue weighted by Crippen LogP contribution is 2.32. The van der Waals surface area contributed by atoms with E-state index in [0.29, 0.717) is 25.3 Å². The van der Waals surface area contributed by atoms with E-state index in [1.807, 2.05) is 13.8 Å². The summed E-state index contributed by atoms with van der Waals surface area (Å²) < 4.78 is 0. The van der Waals surface area contributed by atoms with Crippen LogP contribution in [0.4, 0.5) is 0 Å². The first-order chi connectivity index (χ1) is 9.54. The van der Waals surface area contributed by atoms with E-state index in [1.54, 1.807) is 0 Å². The molecule has 0 aromatic carbocycles. The van der Waals surface area contributed by atoms with E-state index in [-0.39, 0.29) is 23.7 Å². The van der Waals surface area contributed by atoms with Crippen molar-refractivity contribution in [2.24, 2.45) is 23.0 Å². The van der Waals surface area contributed by atoms with Crippen LogP contribution in [0.3, 0.4) is 0 Å². The molecule has 2 unspecified atom stereocenters. The highest BCUT2D eigenvalue weighted by atomic mass is 16.4. The molecule has 2 atom stereocenters. The lowest BCUT2D eigenvalue weighted by atomic mass is 9.76. The van der Waals surface area contributed by atoms with Crippen molar-refractivity contribution in [2.45, 2.75) is 66.3 Å². The van der Waals surface area contributed by atoms with Gasteiger partial charge in [0.15, 0.2) is 0 Å². The van der Waals surface area contributed by atoms with Gasteiger partial charge in [-0.1, -0.05) is 34.6 Å². The normalized spacial score (nSPS) is 14.8. The Kier molecular flexibility index (Phi) is 8.55. The number of nitrogens with one attached hydrogen (secondary N) is 1. The minimum atomic E-state index is -0.771. The molecule has 21 heavy (non-hydrogen) atoms. The maximum absolute atomic E-state index is 11.8. The molecule has 0 saturated carbocycles. The molecule has 0 saturated heterocycles. The van der Waals surface area contributed by atoms with Gasteiger partial charge < -0.3 is 16.2 Å². The summed E-state index contributed by atoms with van der Waals surface area (Å²) >= 11 is 0. The van der Waals surface area contributed by atoms with Crippen LogP contribution >= 0.6 is 0 Å². The van der Waals surface area contributed by atoms with E-state index in [0.717, 1.165) is 6.42 Å². The number of hydrogen-bond acceptors (Lipinski definition) is 3. The van der Waals surface area contributed by atoms with Crippen LogP contribution < -0.4 is 11.1 Å². The molecule has 0 aliphatic heterocycles. The molecular formula is C16H32N2O3. The van der Waals surface area contributed by atoms with E-state index in [1.165, 1.54) is 0 Å². The molecule has 0 fully saturated rings. The predicted octanol–water partition coefficient (Wildman–Crippen LogP) is 2.39. The van der Waals surface area contributed by atoms with Crippen molar-refractivity contribution in [3.63, 3.8) is 0 Å². The first kappa shape index (κ1) is 19.9. The van der Waals surface area contributed by atoms with Gasteiger partial charge in [0.2, 0.25) is 5.91 Å². The molecule has 4 N–H and O–H groups in total. The molecule has 0 radical (unpaired) electrons. The number of aliphatic carboxylic acids is 1. The summed E-state index contributed by atoms with van der Waals surface area (Å²) in [7, 11) is 0. The Labute approximate surface area is 128 Å². The van der Waals surface area contributed by atoms with Crippen molar-refractivity contribution in [1.82, 2.24) is 5.32 Å². The summed E-state index contributed by atoms with van der Waals surface area (Å²) in [5.41, 5.74) is 5.86. The lowest BCUT2D eigenvalue weighted by Gasteiger charge is -2.30. The highest BCUT2D eigenvalue weighted by Gasteiger charge is 2.25. The van der Waals surface area contributed by atoms with Crippen LogP contribution in [0.1, 0.15) is 60.3 Å².